The largest absolute Gasteiger partial charge is 0.497 e. The van der Waals surface area contributed by atoms with Crippen molar-refractivity contribution in [2.45, 2.75) is 18.3 Å². The van der Waals surface area contributed by atoms with Crippen molar-refractivity contribution in [1.29, 1.82) is 0 Å². The Labute approximate surface area is 174 Å². The molecule has 30 heavy (non-hydrogen) atoms. The first-order valence-corrected chi connectivity index (χ1v) is 10.00. The van der Waals surface area contributed by atoms with E-state index in [2.05, 4.69) is 0 Å². The third kappa shape index (κ3) is 3.74. The normalized spacial score (nSPS) is 22.0. The molecule has 0 spiro atoms. The zero-order valence-corrected chi connectivity index (χ0v) is 16.7. The van der Waals surface area contributed by atoms with Gasteiger partial charge in [-0.15, -0.1) is 0 Å². The van der Waals surface area contributed by atoms with Crippen LogP contribution in [0.2, 0.25) is 0 Å². The molecule has 156 valence electrons. The minimum atomic E-state index is -0.213. The van der Waals surface area contributed by atoms with Crippen molar-refractivity contribution in [3.63, 3.8) is 0 Å². The van der Waals surface area contributed by atoms with Crippen molar-refractivity contribution in [2.75, 3.05) is 33.4 Å². The number of furan rings is 1. The lowest BCUT2D eigenvalue weighted by atomic mass is 10.1. The zero-order valence-electron chi connectivity index (χ0n) is 16.7. The van der Waals surface area contributed by atoms with Gasteiger partial charge in [-0.25, -0.2) is 0 Å². The average molecular weight is 409 g/mol. The molecule has 2 fully saturated rings. The molecule has 1 amide bonds. The van der Waals surface area contributed by atoms with Crippen molar-refractivity contribution < 1.29 is 28.2 Å². The van der Waals surface area contributed by atoms with E-state index in [1.165, 1.54) is 0 Å². The second kappa shape index (κ2) is 8.01. The summed E-state index contributed by atoms with van der Waals surface area (Å²) in [4.78, 5) is 14.7. The van der Waals surface area contributed by atoms with Crippen molar-refractivity contribution in [2.24, 2.45) is 0 Å². The summed E-state index contributed by atoms with van der Waals surface area (Å²) in [6, 6.07) is 14.8. The summed E-state index contributed by atoms with van der Waals surface area (Å²) in [5, 5.41) is 0.916. The van der Waals surface area contributed by atoms with E-state index in [0.717, 1.165) is 16.7 Å². The molecule has 0 unspecified atom stereocenters. The van der Waals surface area contributed by atoms with E-state index in [0.29, 0.717) is 37.6 Å². The van der Waals surface area contributed by atoms with E-state index in [-0.39, 0.29) is 24.2 Å². The molecular formula is C23H23NO6. The molecule has 2 aliphatic heterocycles. The summed E-state index contributed by atoms with van der Waals surface area (Å²) in [5.74, 6) is 1.43. The van der Waals surface area contributed by atoms with E-state index in [4.69, 9.17) is 23.4 Å². The fourth-order valence-corrected chi connectivity index (χ4v) is 3.96. The molecule has 0 bridgehead atoms. The molecule has 1 aromatic heterocycles. The highest BCUT2D eigenvalue weighted by molar-refractivity contribution is 5.98. The first-order chi connectivity index (χ1) is 14.7. The second-order valence-corrected chi connectivity index (χ2v) is 7.55. The first kappa shape index (κ1) is 19.0. The second-order valence-electron chi connectivity index (χ2n) is 7.55. The number of ether oxygens (including phenoxy) is 4. The van der Waals surface area contributed by atoms with Crippen molar-refractivity contribution in [1.82, 2.24) is 4.90 Å². The number of nitrogens with zero attached hydrogens (tertiary/aromatic N) is 1. The fraction of sp³-hybridized carbons (Fsp3) is 0.348. The Morgan fingerprint density at radius 1 is 1.00 bits per heavy atom. The van der Waals surface area contributed by atoms with Gasteiger partial charge >= 0.3 is 0 Å². The van der Waals surface area contributed by atoms with Gasteiger partial charge in [-0.3, -0.25) is 4.79 Å². The maximum Gasteiger partial charge on any atom is 0.254 e. The number of likely N-dealkylation sites (tertiary alicyclic amines) is 1. The standard InChI is InChI=1S/C23H23NO6/c1-26-17-3-2-4-18(10-17)30-19-13-28-21-11-24(12-22(21)29-14-19)23(25)16-5-6-20-15(9-16)7-8-27-20/h2-10,19,21-22H,11-14H2,1H3/t21-,22-/m0/s1. The lowest BCUT2D eigenvalue weighted by molar-refractivity contribution is -0.00461. The minimum Gasteiger partial charge on any atom is -0.497 e. The molecule has 2 aromatic carbocycles. The number of amides is 1. The van der Waals surface area contributed by atoms with Gasteiger partial charge in [-0.2, -0.15) is 0 Å². The van der Waals surface area contributed by atoms with Gasteiger partial charge in [0.1, 0.15) is 35.4 Å². The van der Waals surface area contributed by atoms with Gasteiger partial charge in [0.05, 0.1) is 26.6 Å². The summed E-state index contributed by atoms with van der Waals surface area (Å²) in [5.41, 5.74) is 1.41. The Balaban J connectivity index is 1.20. The van der Waals surface area contributed by atoms with Crippen molar-refractivity contribution in [3.05, 3.63) is 60.4 Å². The number of hydrogen-bond donors (Lipinski definition) is 0. The Morgan fingerprint density at radius 2 is 1.77 bits per heavy atom. The molecule has 7 nitrogen and oxygen atoms in total. The Kier molecular flexibility index (Phi) is 5.06. The van der Waals surface area contributed by atoms with Crippen molar-refractivity contribution in [3.8, 4) is 11.5 Å². The third-order valence-electron chi connectivity index (χ3n) is 5.54. The minimum absolute atomic E-state index is 0.0254. The smallest absolute Gasteiger partial charge is 0.254 e. The van der Waals surface area contributed by atoms with Gasteiger partial charge in [-0.1, -0.05) is 6.07 Å². The molecule has 2 saturated heterocycles. The average Bonchev–Trinajstić information content (AvgIpc) is 3.37. The number of benzene rings is 2. The molecule has 2 aliphatic rings. The summed E-state index contributed by atoms with van der Waals surface area (Å²) >= 11 is 0. The predicted molar refractivity (Wildman–Crippen MR) is 109 cm³/mol. The molecule has 7 heteroatoms. The Morgan fingerprint density at radius 3 is 2.53 bits per heavy atom. The first-order valence-electron chi connectivity index (χ1n) is 10.00. The van der Waals surface area contributed by atoms with Gasteiger partial charge in [0.25, 0.3) is 5.91 Å². The molecular weight excluding hydrogens is 386 g/mol. The summed E-state index contributed by atoms with van der Waals surface area (Å²) in [6.07, 6.45) is 1.09. The summed E-state index contributed by atoms with van der Waals surface area (Å²) < 4.78 is 28.7. The number of hydrogen-bond acceptors (Lipinski definition) is 6. The predicted octanol–water partition coefficient (Wildman–Crippen LogP) is 3.13. The number of carbonyl (C=O) groups is 1. The molecule has 2 atom stereocenters. The van der Waals surface area contributed by atoms with Crippen molar-refractivity contribution >= 4 is 16.9 Å². The summed E-state index contributed by atoms with van der Waals surface area (Å²) in [7, 11) is 1.62. The molecule has 0 radical (unpaired) electrons. The van der Waals surface area contributed by atoms with Gasteiger partial charge in [0, 0.05) is 30.1 Å². The number of fused-ring (bicyclic) bond motifs is 2. The van der Waals surface area contributed by atoms with Crippen LogP contribution in [0.25, 0.3) is 11.0 Å². The van der Waals surface area contributed by atoms with Crippen LogP contribution in [-0.4, -0.2) is 62.5 Å². The monoisotopic (exact) mass is 409 g/mol. The van der Waals surface area contributed by atoms with Crippen LogP contribution < -0.4 is 9.47 Å². The van der Waals surface area contributed by atoms with Crippen LogP contribution in [0.4, 0.5) is 0 Å². The SMILES string of the molecule is COc1cccc(OC2CO[C@H]3CN(C(=O)c4ccc5occc5c4)C[C@@H]3OC2)c1. The maximum atomic E-state index is 13.0. The van der Waals surface area contributed by atoms with Crippen LogP contribution in [-0.2, 0) is 9.47 Å². The van der Waals surface area contributed by atoms with Gasteiger partial charge in [-0.05, 0) is 36.4 Å². The molecule has 3 heterocycles. The molecule has 0 aliphatic carbocycles. The van der Waals surface area contributed by atoms with E-state index in [1.807, 2.05) is 42.5 Å². The molecule has 3 aromatic rings. The highest BCUT2D eigenvalue weighted by Crippen LogP contribution is 2.26. The summed E-state index contributed by atoms with van der Waals surface area (Å²) in [6.45, 7) is 1.81. The van der Waals surface area contributed by atoms with Crippen LogP contribution in [0.1, 0.15) is 10.4 Å². The lowest BCUT2D eigenvalue weighted by Gasteiger charge is -2.20. The maximum absolute atomic E-state index is 13.0. The molecule has 0 N–H and O–H groups in total. The molecule has 0 saturated carbocycles. The quantitative estimate of drug-likeness (QED) is 0.659. The fourth-order valence-electron chi connectivity index (χ4n) is 3.96. The van der Waals surface area contributed by atoms with E-state index >= 15 is 0 Å². The van der Waals surface area contributed by atoms with E-state index < -0.39 is 0 Å². The lowest BCUT2D eigenvalue weighted by Crippen LogP contribution is -2.32. The number of rotatable bonds is 4. The van der Waals surface area contributed by atoms with Crippen LogP contribution >= 0.6 is 0 Å². The topological polar surface area (TPSA) is 70.4 Å². The van der Waals surface area contributed by atoms with Crippen LogP contribution in [0.3, 0.4) is 0 Å². The Bertz CT molecular complexity index is 1030. The zero-order chi connectivity index (χ0) is 20.5. The van der Waals surface area contributed by atoms with E-state index in [1.54, 1.807) is 24.3 Å². The Hall–Kier alpha value is -3.03. The van der Waals surface area contributed by atoms with Gasteiger partial charge < -0.3 is 28.3 Å². The highest BCUT2D eigenvalue weighted by Gasteiger charge is 2.40. The van der Waals surface area contributed by atoms with Crippen LogP contribution in [0.5, 0.6) is 11.5 Å². The van der Waals surface area contributed by atoms with Crippen LogP contribution in [0.15, 0.2) is 59.2 Å². The van der Waals surface area contributed by atoms with Gasteiger partial charge in [0.2, 0.25) is 0 Å². The highest BCUT2D eigenvalue weighted by atomic mass is 16.6. The van der Waals surface area contributed by atoms with Crippen LogP contribution in [0, 0.1) is 0 Å². The van der Waals surface area contributed by atoms with E-state index in [9.17, 15) is 4.79 Å². The molecule has 5 rings (SSSR count). The van der Waals surface area contributed by atoms with Gasteiger partial charge in [0.15, 0.2) is 0 Å². The third-order valence-corrected chi connectivity index (χ3v) is 5.54. The number of carbonyl (C=O) groups excluding carboxylic acids is 1. The number of methoxy groups -OCH3 is 1.